The van der Waals surface area contributed by atoms with Crippen LogP contribution in [-0.2, 0) is 30.6 Å². The molecule has 14 nitrogen and oxygen atoms in total. The minimum absolute atomic E-state index is 0.00863. The number of pyridine rings is 1. The van der Waals surface area contributed by atoms with Crippen LogP contribution in [0.25, 0.3) is 0 Å². The van der Waals surface area contributed by atoms with Crippen molar-refractivity contribution in [3.8, 4) is 0 Å². The van der Waals surface area contributed by atoms with Crippen LogP contribution in [0.5, 0.6) is 0 Å². The number of nitrogens with one attached hydrogen (secondary N) is 1. The molecule has 1 fully saturated rings. The summed E-state index contributed by atoms with van der Waals surface area (Å²) in [6.07, 6.45) is 3.38. The Morgan fingerprint density at radius 3 is 2.73 bits per heavy atom. The van der Waals surface area contributed by atoms with E-state index in [1.807, 2.05) is 0 Å². The van der Waals surface area contributed by atoms with Crippen LogP contribution in [0, 0.1) is 0 Å². The number of hydrogen-bond donors (Lipinski definition) is 5. The summed E-state index contributed by atoms with van der Waals surface area (Å²) in [5.41, 5.74) is 11.8. The number of oxime groups is 1. The number of β-lactam (4-membered cyclic amide) rings is 1. The molecular weight excluding hydrogens is 526 g/mol. The van der Waals surface area contributed by atoms with E-state index in [2.05, 4.69) is 22.0 Å². The third kappa shape index (κ3) is 5.24. The van der Waals surface area contributed by atoms with E-state index in [0.717, 1.165) is 16.2 Å². The summed E-state index contributed by atoms with van der Waals surface area (Å²) < 4.78 is 1.71. The number of rotatable bonds is 9. The van der Waals surface area contributed by atoms with Gasteiger partial charge in [0, 0.05) is 22.8 Å². The first-order valence-electron chi connectivity index (χ1n) is 10.4. The fraction of sp³-hybridized carbons (Fsp3) is 0.190. The zero-order valence-corrected chi connectivity index (χ0v) is 20.5. The molecule has 0 unspecified atom stereocenters. The number of aromatic nitrogens is 2. The number of carboxylic acids is 2. The van der Waals surface area contributed by atoms with Crippen molar-refractivity contribution in [2.24, 2.45) is 5.16 Å². The molecule has 1 saturated heterocycles. The van der Waals surface area contributed by atoms with Gasteiger partial charge in [0.25, 0.3) is 11.8 Å². The summed E-state index contributed by atoms with van der Waals surface area (Å²) in [4.78, 5) is 58.8. The Labute approximate surface area is 216 Å². The predicted molar refractivity (Wildman–Crippen MR) is 132 cm³/mol. The Bertz CT molecular complexity index is 1390. The van der Waals surface area contributed by atoms with Gasteiger partial charge in [-0.15, -0.1) is 23.1 Å². The summed E-state index contributed by atoms with van der Waals surface area (Å²) in [5, 5.41) is 25.7. The van der Waals surface area contributed by atoms with Gasteiger partial charge in [-0.2, -0.15) is 4.57 Å². The highest BCUT2D eigenvalue weighted by Crippen LogP contribution is 2.40. The largest absolute Gasteiger partial charge is 0.477 e. The number of hydrogen-bond acceptors (Lipinski definition) is 11. The van der Waals surface area contributed by atoms with Crippen molar-refractivity contribution in [2.75, 3.05) is 17.2 Å². The number of amides is 2. The van der Waals surface area contributed by atoms with Gasteiger partial charge in [-0.1, -0.05) is 5.16 Å². The molecule has 2 aromatic heterocycles. The molecule has 4 heterocycles. The lowest BCUT2D eigenvalue weighted by Gasteiger charge is -2.49. The quantitative estimate of drug-likeness (QED) is 0.0665. The van der Waals surface area contributed by atoms with Gasteiger partial charge in [-0.05, 0) is 12.6 Å². The average Bonchev–Trinajstić information content (AvgIpc) is 3.27. The number of nitrogens with zero attached hydrogens (tertiary/aromatic N) is 4. The summed E-state index contributed by atoms with van der Waals surface area (Å²) in [6, 6.07) is 2.35. The van der Waals surface area contributed by atoms with Crippen molar-refractivity contribution < 1.29 is 38.8 Å². The summed E-state index contributed by atoms with van der Waals surface area (Å²) in [5.74, 6) is -4.76. The number of aliphatic carboxylic acids is 2. The van der Waals surface area contributed by atoms with Crippen LogP contribution in [0.2, 0.25) is 0 Å². The molecule has 2 amide bonds. The van der Waals surface area contributed by atoms with E-state index in [1.165, 1.54) is 17.1 Å². The second-order valence-corrected chi connectivity index (χ2v) is 9.75. The molecule has 0 saturated carbocycles. The van der Waals surface area contributed by atoms with Crippen LogP contribution >= 0.6 is 23.1 Å². The zero-order valence-electron chi connectivity index (χ0n) is 18.9. The third-order valence-corrected chi connectivity index (χ3v) is 7.27. The molecule has 0 aromatic carbocycles. The molecule has 0 aliphatic carbocycles. The zero-order chi connectivity index (χ0) is 26.9. The van der Waals surface area contributed by atoms with Gasteiger partial charge in [0.2, 0.25) is 5.76 Å². The van der Waals surface area contributed by atoms with Crippen molar-refractivity contribution in [1.29, 1.82) is 0 Å². The Balaban J connectivity index is 1.54. The Morgan fingerprint density at radius 2 is 2.11 bits per heavy atom. The van der Waals surface area contributed by atoms with Gasteiger partial charge < -0.3 is 31.8 Å². The number of carbonyl (C=O) groups is 4. The van der Waals surface area contributed by atoms with Crippen LogP contribution in [0.15, 0.2) is 58.7 Å². The van der Waals surface area contributed by atoms with Crippen molar-refractivity contribution in [2.45, 2.75) is 18.0 Å². The lowest BCUT2D eigenvalue weighted by Crippen LogP contribution is -2.71. The number of nitrogens with two attached hydrogens (primary N) is 2. The molecule has 7 N–H and O–H groups in total. The molecule has 0 radical (unpaired) electrons. The third-order valence-electron chi connectivity index (χ3n) is 5.26. The number of nitrogen functional groups attached to an aromatic ring is 2. The Hall–Kier alpha value is -4.44. The highest BCUT2D eigenvalue weighted by Gasteiger charge is 2.54. The second kappa shape index (κ2) is 10.3. The van der Waals surface area contributed by atoms with Gasteiger partial charge in [0.15, 0.2) is 29.8 Å². The standard InChI is InChI=1S/C21H19N7O7S2/c1-9(19(31)32)35-26-13(12-8-37-21(23)24-12)16(29)25-14-17(30)28-15(20(33)34)10(7-36-18(14)28)5-27-4-2-3-11(22)6-27/h2-4,6,8,14,18H,1,5,7,22H2,(H4-,23,24,25,29,31,32,33,34)/p+1/b26-13+/t14-,18-/m1/s1. The number of carbonyl (C=O) groups excluding carboxylic acids is 2. The summed E-state index contributed by atoms with van der Waals surface area (Å²) >= 11 is 2.29. The number of thiazole rings is 1. The Morgan fingerprint density at radius 1 is 1.35 bits per heavy atom. The topological polar surface area (TPSA) is 214 Å². The second-order valence-electron chi connectivity index (χ2n) is 7.76. The molecule has 2 aromatic rings. The van der Waals surface area contributed by atoms with E-state index in [0.29, 0.717) is 11.3 Å². The fourth-order valence-corrected chi connectivity index (χ4v) is 5.50. The first-order valence-corrected chi connectivity index (χ1v) is 12.3. The summed E-state index contributed by atoms with van der Waals surface area (Å²) in [7, 11) is 0. The van der Waals surface area contributed by atoms with E-state index < -0.39 is 46.6 Å². The Kier molecular flexibility index (Phi) is 7.12. The number of fused-ring (bicyclic) bond motifs is 1. The van der Waals surface area contributed by atoms with E-state index in [4.69, 9.17) is 21.4 Å². The maximum absolute atomic E-state index is 13.0. The van der Waals surface area contributed by atoms with Crippen molar-refractivity contribution in [1.82, 2.24) is 15.2 Å². The monoisotopic (exact) mass is 546 g/mol. The molecule has 2 aliphatic heterocycles. The molecule has 16 heteroatoms. The van der Waals surface area contributed by atoms with E-state index >= 15 is 0 Å². The maximum Gasteiger partial charge on any atom is 0.374 e. The van der Waals surface area contributed by atoms with Gasteiger partial charge in [0.1, 0.15) is 22.8 Å². The number of thioether (sulfide) groups is 1. The maximum atomic E-state index is 13.0. The fourth-order valence-electron chi connectivity index (χ4n) is 3.62. The van der Waals surface area contributed by atoms with E-state index in [1.54, 1.807) is 29.1 Å². The smallest absolute Gasteiger partial charge is 0.374 e. The average molecular weight is 547 g/mol. The van der Waals surface area contributed by atoms with Crippen LogP contribution in [0.4, 0.5) is 10.8 Å². The predicted octanol–water partition coefficient (Wildman–Crippen LogP) is -0.647. The van der Waals surface area contributed by atoms with E-state index in [9.17, 15) is 24.3 Å². The first kappa shape index (κ1) is 25.6. The minimum Gasteiger partial charge on any atom is -0.477 e. The van der Waals surface area contributed by atoms with Crippen molar-refractivity contribution >= 4 is 63.4 Å². The summed E-state index contributed by atoms with van der Waals surface area (Å²) in [6.45, 7) is 3.38. The van der Waals surface area contributed by atoms with Gasteiger partial charge in [-0.3, -0.25) is 14.5 Å². The SMILES string of the molecule is C=C(O/N=C(/C(=O)N[C@@H]1C(=O)N2C(C(=O)O)=C(C[n+]3cccc(N)c3)CS[C@H]12)c1csc(N)n1)C(=O)O. The first-order chi connectivity index (χ1) is 17.6. The molecule has 4 rings (SSSR count). The highest BCUT2D eigenvalue weighted by atomic mass is 32.2. The lowest BCUT2D eigenvalue weighted by molar-refractivity contribution is -0.688. The molecule has 0 spiro atoms. The normalized spacial score (nSPS) is 19.1. The van der Waals surface area contributed by atoms with Crippen LogP contribution < -0.4 is 21.4 Å². The molecule has 0 bridgehead atoms. The van der Waals surface area contributed by atoms with Crippen molar-refractivity contribution in [3.63, 3.8) is 0 Å². The number of anilines is 2. The molecular formula is C21H20N7O7S2+. The van der Waals surface area contributed by atoms with E-state index in [-0.39, 0.29) is 28.8 Å². The lowest BCUT2D eigenvalue weighted by atomic mass is 10.0. The molecule has 2 aliphatic rings. The molecule has 192 valence electrons. The molecule has 2 atom stereocenters. The van der Waals surface area contributed by atoms with Gasteiger partial charge in [0.05, 0.1) is 5.69 Å². The highest BCUT2D eigenvalue weighted by molar-refractivity contribution is 8.00. The number of carboxylic acid groups (broad SMARTS) is 2. The van der Waals surface area contributed by atoms with Crippen LogP contribution in [-0.4, -0.2) is 66.7 Å². The van der Waals surface area contributed by atoms with Gasteiger partial charge in [-0.25, -0.2) is 14.6 Å². The van der Waals surface area contributed by atoms with Crippen LogP contribution in [0.1, 0.15) is 5.69 Å². The minimum atomic E-state index is -1.50. The van der Waals surface area contributed by atoms with Crippen molar-refractivity contribution in [3.05, 3.63) is 59.2 Å². The van der Waals surface area contributed by atoms with Crippen LogP contribution in [0.3, 0.4) is 0 Å². The van der Waals surface area contributed by atoms with Gasteiger partial charge >= 0.3 is 11.9 Å². The molecule has 37 heavy (non-hydrogen) atoms.